The molecule has 1 aliphatic rings. The van der Waals surface area contributed by atoms with Crippen LogP contribution in [0.25, 0.3) is 11.1 Å². The highest BCUT2D eigenvalue weighted by molar-refractivity contribution is 6.03. The number of amides is 1. The van der Waals surface area contributed by atoms with Crippen molar-refractivity contribution >= 4 is 17.6 Å². The Morgan fingerprint density at radius 1 is 1.20 bits per heavy atom. The van der Waals surface area contributed by atoms with Crippen LogP contribution < -0.4 is 5.32 Å². The van der Waals surface area contributed by atoms with Gasteiger partial charge in [0.15, 0.2) is 0 Å². The molecule has 184 valence electrons. The first-order chi connectivity index (χ1) is 16.5. The van der Waals surface area contributed by atoms with Crippen LogP contribution in [0.5, 0.6) is 0 Å². The van der Waals surface area contributed by atoms with Crippen LogP contribution in [0.15, 0.2) is 48.8 Å². The molecule has 1 amide bonds. The molecule has 10 heteroatoms. The maximum Gasteiger partial charge on any atom is 0.416 e. The molecule has 3 aromatic rings. The minimum Gasteiger partial charge on any atom is -0.478 e. The van der Waals surface area contributed by atoms with Gasteiger partial charge in [-0.1, -0.05) is 19.1 Å². The van der Waals surface area contributed by atoms with E-state index in [0.717, 1.165) is 18.6 Å². The van der Waals surface area contributed by atoms with Gasteiger partial charge in [0.05, 0.1) is 22.7 Å². The van der Waals surface area contributed by atoms with Gasteiger partial charge in [-0.2, -0.15) is 18.3 Å². The van der Waals surface area contributed by atoms with Crippen molar-refractivity contribution in [3.63, 3.8) is 0 Å². The molecule has 2 N–H and O–H groups in total. The van der Waals surface area contributed by atoms with Crippen molar-refractivity contribution in [3.05, 3.63) is 71.3 Å². The fraction of sp³-hybridized carbons (Fsp3) is 0.320. The highest BCUT2D eigenvalue weighted by atomic mass is 19.4. The van der Waals surface area contributed by atoms with Crippen LogP contribution in [0.4, 0.5) is 23.2 Å². The summed E-state index contributed by atoms with van der Waals surface area (Å²) in [6.07, 6.45) is -0.00331. The number of carbonyl (C=O) groups is 2. The first-order valence-corrected chi connectivity index (χ1v) is 11.1. The van der Waals surface area contributed by atoms with E-state index in [1.54, 1.807) is 23.1 Å². The van der Waals surface area contributed by atoms with Gasteiger partial charge in [0.25, 0.3) is 0 Å². The molecule has 1 saturated carbocycles. The Balaban J connectivity index is 1.60. The van der Waals surface area contributed by atoms with E-state index in [2.05, 4.69) is 10.4 Å². The average Bonchev–Trinajstić information content (AvgIpc) is 3.47. The van der Waals surface area contributed by atoms with Crippen LogP contribution in [0.2, 0.25) is 0 Å². The van der Waals surface area contributed by atoms with Crippen molar-refractivity contribution in [1.29, 1.82) is 0 Å². The number of carbonyl (C=O) groups excluding carboxylic acids is 1. The quantitative estimate of drug-likeness (QED) is 0.396. The Kier molecular flexibility index (Phi) is 6.16. The Morgan fingerprint density at radius 3 is 2.49 bits per heavy atom. The summed E-state index contributed by atoms with van der Waals surface area (Å²) >= 11 is 0. The first-order valence-electron chi connectivity index (χ1n) is 11.1. The number of anilines is 1. The molecule has 0 saturated heterocycles. The lowest BCUT2D eigenvalue weighted by Crippen LogP contribution is -2.29. The van der Waals surface area contributed by atoms with E-state index in [0.29, 0.717) is 17.2 Å². The minimum absolute atomic E-state index is 0.0583. The third kappa shape index (κ3) is 4.65. The number of rotatable bonds is 7. The van der Waals surface area contributed by atoms with Crippen LogP contribution in [0, 0.1) is 5.82 Å². The van der Waals surface area contributed by atoms with Gasteiger partial charge >= 0.3 is 12.1 Å². The van der Waals surface area contributed by atoms with Crippen molar-refractivity contribution in [1.82, 2.24) is 9.78 Å². The van der Waals surface area contributed by atoms with Crippen LogP contribution in [0.1, 0.15) is 60.6 Å². The van der Waals surface area contributed by atoms with Crippen LogP contribution in [0.3, 0.4) is 0 Å². The van der Waals surface area contributed by atoms with E-state index in [1.165, 1.54) is 12.1 Å². The maximum atomic E-state index is 14.5. The van der Waals surface area contributed by atoms with Crippen molar-refractivity contribution in [2.75, 3.05) is 5.32 Å². The molecule has 0 aliphatic heterocycles. The molecule has 1 fully saturated rings. The van der Waals surface area contributed by atoms with Crippen LogP contribution in [-0.4, -0.2) is 26.8 Å². The Bertz CT molecular complexity index is 1300. The molecular weight excluding hydrogens is 466 g/mol. The van der Waals surface area contributed by atoms with Gasteiger partial charge in [-0.3, -0.25) is 9.48 Å². The lowest BCUT2D eigenvalue weighted by Gasteiger charge is -2.18. The summed E-state index contributed by atoms with van der Waals surface area (Å²) in [5, 5.41) is 16.6. The van der Waals surface area contributed by atoms with Crippen LogP contribution in [-0.2, 0) is 16.4 Å². The Hall–Kier alpha value is -3.69. The zero-order valence-electron chi connectivity index (χ0n) is 19.0. The van der Waals surface area contributed by atoms with E-state index < -0.39 is 34.8 Å². The summed E-state index contributed by atoms with van der Waals surface area (Å²) in [7, 11) is 0. The topological polar surface area (TPSA) is 84.2 Å². The van der Waals surface area contributed by atoms with Gasteiger partial charge in [-0.05, 0) is 56.0 Å². The van der Waals surface area contributed by atoms with Gasteiger partial charge < -0.3 is 10.4 Å². The maximum absolute atomic E-state index is 14.5. The summed E-state index contributed by atoms with van der Waals surface area (Å²) in [6, 6.07) is 6.65. The molecule has 1 aliphatic carbocycles. The monoisotopic (exact) mass is 489 g/mol. The number of hydrogen-bond donors (Lipinski definition) is 2. The van der Waals surface area contributed by atoms with Gasteiger partial charge in [0.2, 0.25) is 5.91 Å². The largest absolute Gasteiger partial charge is 0.478 e. The summed E-state index contributed by atoms with van der Waals surface area (Å²) in [5.41, 5.74) is -1.40. The number of aromatic carboxylic acids is 1. The second-order valence-electron chi connectivity index (χ2n) is 8.76. The number of halogens is 4. The molecule has 1 atom stereocenters. The molecule has 35 heavy (non-hydrogen) atoms. The van der Waals surface area contributed by atoms with Crippen molar-refractivity contribution < 1.29 is 32.3 Å². The first kappa shape index (κ1) is 24.4. The number of hydrogen-bond acceptors (Lipinski definition) is 3. The number of nitrogens with zero attached hydrogens (tertiary/aromatic N) is 2. The highest BCUT2D eigenvalue weighted by Crippen LogP contribution is 2.50. The lowest BCUT2D eigenvalue weighted by molar-refractivity contribution is -0.137. The zero-order chi connectivity index (χ0) is 25.5. The SMILES string of the molecule is CC[C@@H](C)n1cc(-c2ccc(NC(=O)C3(c4ccc(C(F)(F)F)cc4F)CC3)cc2C(=O)O)cn1. The molecule has 0 unspecified atom stereocenters. The van der Waals surface area contributed by atoms with Gasteiger partial charge in [0.1, 0.15) is 5.82 Å². The highest BCUT2D eigenvalue weighted by Gasteiger charge is 2.53. The molecule has 0 bridgehead atoms. The molecule has 1 aromatic heterocycles. The smallest absolute Gasteiger partial charge is 0.416 e. The van der Waals surface area contributed by atoms with E-state index in [1.807, 2.05) is 13.8 Å². The molecule has 1 heterocycles. The summed E-state index contributed by atoms with van der Waals surface area (Å²) < 4.78 is 54.9. The van der Waals surface area contributed by atoms with Crippen LogP contribution >= 0.6 is 0 Å². The molecule has 0 radical (unpaired) electrons. The van der Waals surface area contributed by atoms with Gasteiger partial charge in [-0.25, -0.2) is 9.18 Å². The fourth-order valence-electron chi connectivity index (χ4n) is 4.03. The van der Waals surface area contributed by atoms with Gasteiger partial charge in [0, 0.05) is 29.1 Å². The molecule has 0 spiro atoms. The van der Waals surface area contributed by atoms with E-state index in [9.17, 15) is 32.3 Å². The summed E-state index contributed by atoms with van der Waals surface area (Å²) in [5.74, 6) is -2.92. The predicted octanol–water partition coefficient (Wildman–Crippen LogP) is 6.05. The second-order valence-corrected chi connectivity index (χ2v) is 8.76. The van der Waals surface area contributed by atoms with E-state index in [4.69, 9.17) is 0 Å². The predicted molar refractivity (Wildman–Crippen MR) is 121 cm³/mol. The molecule has 2 aromatic carbocycles. The number of benzene rings is 2. The third-order valence-corrected chi connectivity index (χ3v) is 6.46. The summed E-state index contributed by atoms with van der Waals surface area (Å²) in [6.45, 7) is 4.00. The average molecular weight is 489 g/mol. The van der Waals surface area contributed by atoms with Crippen molar-refractivity contribution in [2.45, 2.75) is 50.7 Å². The lowest BCUT2D eigenvalue weighted by atomic mass is 9.93. The van der Waals surface area contributed by atoms with Gasteiger partial charge in [-0.15, -0.1) is 0 Å². The Morgan fingerprint density at radius 2 is 1.91 bits per heavy atom. The normalized spacial score (nSPS) is 15.5. The molecular formula is C25H23F4N3O3. The van der Waals surface area contributed by atoms with E-state index >= 15 is 0 Å². The number of carboxylic acids is 1. The number of alkyl halides is 3. The van der Waals surface area contributed by atoms with E-state index in [-0.39, 0.29) is 35.7 Å². The Labute approximate surface area is 198 Å². The second kappa shape index (κ2) is 8.83. The minimum atomic E-state index is -4.70. The van der Waals surface area contributed by atoms with Crippen molar-refractivity contribution in [3.8, 4) is 11.1 Å². The molecule has 4 rings (SSSR count). The fourth-order valence-corrected chi connectivity index (χ4v) is 4.03. The summed E-state index contributed by atoms with van der Waals surface area (Å²) in [4.78, 5) is 25.0. The number of carboxylic acid groups (broad SMARTS) is 1. The molecule has 6 nitrogen and oxygen atoms in total. The third-order valence-electron chi connectivity index (χ3n) is 6.46. The number of aromatic nitrogens is 2. The standard InChI is InChI=1S/C25H23F4N3O3/c1-3-14(2)32-13-15(12-30-32)18-6-5-17(11-19(18)22(33)34)31-23(35)24(8-9-24)20-7-4-16(10-21(20)26)25(27,28)29/h4-7,10-14H,3,8-9H2,1-2H3,(H,31,35)(H,33,34)/t14-/m1/s1. The number of nitrogens with one attached hydrogen (secondary N) is 1. The van der Waals surface area contributed by atoms with Crippen molar-refractivity contribution in [2.24, 2.45) is 0 Å². The zero-order valence-corrected chi connectivity index (χ0v) is 19.0.